The molecule has 0 aromatic heterocycles. The van der Waals surface area contributed by atoms with E-state index in [1.807, 2.05) is 25.1 Å². The summed E-state index contributed by atoms with van der Waals surface area (Å²) in [7, 11) is 1.58. The Hall–Kier alpha value is -2.14. The summed E-state index contributed by atoms with van der Waals surface area (Å²) in [5.74, 6) is 0.211. The molecule has 2 aromatic carbocycles. The van der Waals surface area contributed by atoms with E-state index in [0.29, 0.717) is 11.4 Å². The Bertz CT molecular complexity index is 658. The van der Waals surface area contributed by atoms with Crippen LogP contribution in [0.2, 0.25) is 0 Å². The number of hydrogen-bond acceptors (Lipinski definition) is 3. The number of rotatable bonds is 4. The van der Waals surface area contributed by atoms with E-state index in [0.717, 1.165) is 11.3 Å². The van der Waals surface area contributed by atoms with Crippen LogP contribution in [0.4, 0.5) is 15.8 Å². The molecule has 0 heterocycles. The van der Waals surface area contributed by atoms with Gasteiger partial charge >= 0.3 is 0 Å². The molecule has 2 rings (SSSR count). The maximum Gasteiger partial charge on any atom is 0.142 e. The van der Waals surface area contributed by atoms with Crippen molar-refractivity contribution in [2.75, 3.05) is 12.4 Å². The van der Waals surface area contributed by atoms with Gasteiger partial charge in [-0.3, -0.25) is 0 Å². The van der Waals surface area contributed by atoms with Crippen molar-refractivity contribution in [1.82, 2.24) is 0 Å². The largest absolute Gasteiger partial charge is 0.495 e. The minimum Gasteiger partial charge on any atom is -0.495 e. The average Bonchev–Trinajstić information content (AvgIpc) is 2.38. The summed E-state index contributed by atoms with van der Waals surface area (Å²) >= 11 is 4.91. The Kier molecular flexibility index (Phi) is 4.20. The molecule has 0 bridgehead atoms. The Labute approximate surface area is 122 Å². The van der Waals surface area contributed by atoms with Crippen molar-refractivity contribution in [2.24, 2.45) is 5.73 Å². The first-order chi connectivity index (χ1) is 9.52. The molecule has 0 unspecified atom stereocenters. The van der Waals surface area contributed by atoms with Crippen molar-refractivity contribution >= 4 is 28.6 Å². The number of methoxy groups -OCH3 is 1. The molecule has 0 aliphatic heterocycles. The summed E-state index contributed by atoms with van der Waals surface area (Å²) in [6.07, 6.45) is 0. The lowest BCUT2D eigenvalue weighted by Gasteiger charge is -2.15. The number of benzene rings is 2. The number of ether oxygens (including phenoxy) is 1. The summed E-state index contributed by atoms with van der Waals surface area (Å²) in [6.45, 7) is 1.96. The molecule has 5 heteroatoms. The van der Waals surface area contributed by atoms with Crippen LogP contribution in [-0.2, 0) is 0 Å². The van der Waals surface area contributed by atoms with E-state index >= 15 is 0 Å². The van der Waals surface area contributed by atoms with Gasteiger partial charge in [-0.15, -0.1) is 0 Å². The van der Waals surface area contributed by atoms with Gasteiger partial charge in [0.05, 0.1) is 24.0 Å². The van der Waals surface area contributed by atoms with E-state index < -0.39 is 5.82 Å². The van der Waals surface area contributed by atoms with Crippen molar-refractivity contribution in [3.8, 4) is 5.75 Å². The zero-order valence-electron chi connectivity index (χ0n) is 11.2. The van der Waals surface area contributed by atoms with Gasteiger partial charge in [-0.25, -0.2) is 4.39 Å². The highest BCUT2D eigenvalue weighted by molar-refractivity contribution is 7.80. The van der Waals surface area contributed by atoms with Gasteiger partial charge < -0.3 is 15.8 Å². The van der Waals surface area contributed by atoms with Gasteiger partial charge in [0, 0.05) is 0 Å². The molecule has 0 amide bonds. The summed E-state index contributed by atoms with van der Waals surface area (Å²) in [6, 6.07) is 10.3. The Morgan fingerprint density at radius 2 is 2.00 bits per heavy atom. The SMILES string of the molecule is COc1ccc(C)cc1Nc1cccc(F)c1C(N)=S. The molecule has 0 saturated carbocycles. The Morgan fingerprint density at radius 3 is 2.65 bits per heavy atom. The first-order valence-electron chi connectivity index (χ1n) is 6.03. The van der Waals surface area contributed by atoms with Crippen LogP contribution in [-0.4, -0.2) is 12.1 Å². The van der Waals surface area contributed by atoms with Crippen LogP contribution in [0.5, 0.6) is 5.75 Å². The van der Waals surface area contributed by atoms with Gasteiger partial charge in [0.15, 0.2) is 0 Å². The lowest BCUT2D eigenvalue weighted by molar-refractivity contribution is 0.416. The second kappa shape index (κ2) is 5.88. The second-order valence-corrected chi connectivity index (χ2v) is 4.80. The third-order valence-electron chi connectivity index (χ3n) is 2.88. The Morgan fingerprint density at radius 1 is 1.25 bits per heavy atom. The van der Waals surface area contributed by atoms with Crippen LogP contribution in [0.1, 0.15) is 11.1 Å². The minimum absolute atomic E-state index is 0.0113. The van der Waals surface area contributed by atoms with E-state index in [4.69, 9.17) is 22.7 Å². The molecule has 0 aliphatic rings. The number of thiocarbonyl (C=S) groups is 1. The predicted octanol–water partition coefficient (Wildman–Crippen LogP) is 3.52. The normalized spacial score (nSPS) is 10.2. The zero-order chi connectivity index (χ0) is 14.7. The molecule has 0 fully saturated rings. The fourth-order valence-corrected chi connectivity index (χ4v) is 2.15. The molecule has 20 heavy (non-hydrogen) atoms. The van der Waals surface area contributed by atoms with E-state index in [1.54, 1.807) is 19.2 Å². The molecule has 2 aromatic rings. The molecule has 0 atom stereocenters. The summed E-state index contributed by atoms with van der Waals surface area (Å²) in [5, 5.41) is 3.12. The van der Waals surface area contributed by atoms with Crippen LogP contribution in [0.3, 0.4) is 0 Å². The predicted molar refractivity (Wildman–Crippen MR) is 83.3 cm³/mol. The standard InChI is InChI=1S/C15H15FN2OS/c1-9-6-7-13(19-2)12(8-9)18-11-5-3-4-10(16)14(11)15(17)20/h3-8,18H,1-2H3,(H2,17,20). The van der Waals surface area contributed by atoms with E-state index in [9.17, 15) is 4.39 Å². The zero-order valence-corrected chi connectivity index (χ0v) is 12.1. The maximum atomic E-state index is 13.8. The minimum atomic E-state index is -0.450. The molecule has 0 radical (unpaired) electrons. The molecule has 0 saturated heterocycles. The number of nitrogens with one attached hydrogen (secondary N) is 1. The molecule has 3 nitrogen and oxygen atoms in total. The highest BCUT2D eigenvalue weighted by atomic mass is 32.1. The van der Waals surface area contributed by atoms with Gasteiger partial charge in [-0.2, -0.15) is 0 Å². The monoisotopic (exact) mass is 290 g/mol. The van der Waals surface area contributed by atoms with Gasteiger partial charge in [0.2, 0.25) is 0 Å². The van der Waals surface area contributed by atoms with Crippen molar-refractivity contribution in [3.63, 3.8) is 0 Å². The van der Waals surface area contributed by atoms with Gasteiger partial charge in [-0.1, -0.05) is 24.4 Å². The highest BCUT2D eigenvalue weighted by Crippen LogP contribution is 2.30. The smallest absolute Gasteiger partial charge is 0.142 e. The van der Waals surface area contributed by atoms with Crippen LogP contribution in [0.25, 0.3) is 0 Å². The molecule has 0 aliphatic carbocycles. The van der Waals surface area contributed by atoms with Crippen LogP contribution in [0, 0.1) is 12.7 Å². The fourth-order valence-electron chi connectivity index (χ4n) is 1.94. The van der Waals surface area contributed by atoms with Gasteiger partial charge in [-0.05, 0) is 36.8 Å². The van der Waals surface area contributed by atoms with Gasteiger partial charge in [0.1, 0.15) is 16.6 Å². The van der Waals surface area contributed by atoms with E-state index in [-0.39, 0.29) is 10.6 Å². The quantitative estimate of drug-likeness (QED) is 0.846. The molecule has 104 valence electrons. The second-order valence-electron chi connectivity index (χ2n) is 4.36. The number of halogens is 1. The summed E-state index contributed by atoms with van der Waals surface area (Å²) in [5.41, 5.74) is 8.09. The highest BCUT2D eigenvalue weighted by Gasteiger charge is 2.12. The topological polar surface area (TPSA) is 47.3 Å². The maximum absolute atomic E-state index is 13.8. The number of hydrogen-bond donors (Lipinski definition) is 2. The number of nitrogens with two attached hydrogens (primary N) is 1. The van der Waals surface area contributed by atoms with E-state index in [2.05, 4.69) is 5.32 Å². The molecular formula is C15H15FN2OS. The molecule has 3 N–H and O–H groups in total. The fraction of sp³-hybridized carbons (Fsp3) is 0.133. The average molecular weight is 290 g/mol. The number of anilines is 2. The van der Waals surface area contributed by atoms with Crippen molar-refractivity contribution < 1.29 is 9.13 Å². The number of aryl methyl sites for hydroxylation is 1. The summed E-state index contributed by atoms with van der Waals surface area (Å²) in [4.78, 5) is 0.0113. The summed E-state index contributed by atoms with van der Waals surface area (Å²) < 4.78 is 19.1. The van der Waals surface area contributed by atoms with Crippen LogP contribution in [0.15, 0.2) is 36.4 Å². The van der Waals surface area contributed by atoms with Crippen molar-refractivity contribution in [3.05, 3.63) is 53.3 Å². The first-order valence-corrected chi connectivity index (χ1v) is 6.43. The van der Waals surface area contributed by atoms with Crippen molar-refractivity contribution in [1.29, 1.82) is 0 Å². The molecular weight excluding hydrogens is 275 g/mol. The van der Waals surface area contributed by atoms with Gasteiger partial charge in [0.25, 0.3) is 0 Å². The first kappa shape index (κ1) is 14.3. The third-order valence-corrected chi connectivity index (χ3v) is 3.09. The lowest BCUT2D eigenvalue weighted by atomic mass is 10.1. The van der Waals surface area contributed by atoms with E-state index in [1.165, 1.54) is 6.07 Å². The molecule has 0 spiro atoms. The lowest BCUT2D eigenvalue weighted by Crippen LogP contribution is -2.14. The van der Waals surface area contributed by atoms with Crippen molar-refractivity contribution in [2.45, 2.75) is 6.92 Å². The van der Waals surface area contributed by atoms with Crippen LogP contribution >= 0.6 is 12.2 Å². The third kappa shape index (κ3) is 2.88. The van der Waals surface area contributed by atoms with Crippen LogP contribution < -0.4 is 15.8 Å². The Balaban J connectivity index is 2.48.